The number of rotatable bonds is 8. The molecular formula is C27H34F2N8O3S2. The Kier molecular flexibility index (Phi) is 6.43. The summed E-state index contributed by atoms with van der Waals surface area (Å²) >= 11 is 0.792. The molecule has 15 heteroatoms. The zero-order valence-electron chi connectivity index (χ0n) is 23.7. The summed E-state index contributed by atoms with van der Waals surface area (Å²) in [7, 11) is -3.95. The molecule has 2 N–H and O–H groups in total. The van der Waals surface area contributed by atoms with Gasteiger partial charge in [0.2, 0.25) is 15.9 Å². The molecule has 0 unspecified atom stereocenters. The number of amides is 1. The van der Waals surface area contributed by atoms with Crippen LogP contribution < -0.4 is 14.9 Å². The molecule has 226 valence electrons. The fourth-order valence-corrected chi connectivity index (χ4v) is 8.08. The van der Waals surface area contributed by atoms with E-state index >= 15 is 0 Å². The topological polar surface area (TPSA) is 125 Å². The number of nitrogens with zero attached hydrogens (tertiary/aromatic N) is 6. The minimum absolute atomic E-state index is 0.0261. The average molecular weight is 621 g/mol. The number of imidazole rings is 1. The van der Waals surface area contributed by atoms with Crippen molar-refractivity contribution in [2.75, 3.05) is 31.1 Å². The maximum Gasteiger partial charge on any atom is 0.291 e. The van der Waals surface area contributed by atoms with Gasteiger partial charge in [-0.15, -0.1) is 10.2 Å². The molecule has 4 fully saturated rings. The summed E-state index contributed by atoms with van der Waals surface area (Å²) < 4.78 is 59.0. The predicted molar refractivity (Wildman–Crippen MR) is 153 cm³/mol. The Morgan fingerprint density at radius 1 is 1.19 bits per heavy atom. The third kappa shape index (κ3) is 5.07. The van der Waals surface area contributed by atoms with Crippen LogP contribution in [0.25, 0.3) is 16.3 Å². The second-order valence-electron chi connectivity index (χ2n) is 12.9. The van der Waals surface area contributed by atoms with Crippen molar-refractivity contribution < 1.29 is 22.0 Å². The van der Waals surface area contributed by atoms with Gasteiger partial charge in [0.1, 0.15) is 16.6 Å². The summed E-state index contributed by atoms with van der Waals surface area (Å²) in [6, 6.07) is 1.15. The number of alkyl halides is 2. The van der Waals surface area contributed by atoms with Gasteiger partial charge >= 0.3 is 0 Å². The molecule has 0 radical (unpaired) electrons. The number of pyridine rings is 1. The van der Waals surface area contributed by atoms with E-state index in [2.05, 4.69) is 20.2 Å². The molecule has 2 saturated heterocycles. The lowest BCUT2D eigenvalue weighted by Gasteiger charge is -2.46. The van der Waals surface area contributed by atoms with Gasteiger partial charge in [0, 0.05) is 49.4 Å². The molecule has 2 aliphatic carbocycles. The summed E-state index contributed by atoms with van der Waals surface area (Å²) in [4.78, 5) is 22.3. The third-order valence-corrected chi connectivity index (χ3v) is 11.1. The molecule has 5 heterocycles. The van der Waals surface area contributed by atoms with Crippen LogP contribution in [-0.4, -0.2) is 82.1 Å². The summed E-state index contributed by atoms with van der Waals surface area (Å²) in [5, 5.41) is 11.1. The lowest BCUT2D eigenvalue weighted by molar-refractivity contribution is -0.137. The molecule has 0 bridgehead atoms. The second-order valence-corrected chi connectivity index (χ2v) is 15.6. The Bertz CT molecular complexity index is 1680. The quantitative estimate of drug-likeness (QED) is 0.393. The number of hydrogen-bond donors (Lipinski definition) is 2. The molecule has 11 nitrogen and oxygen atoms in total. The van der Waals surface area contributed by atoms with E-state index in [4.69, 9.17) is 4.98 Å². The van der Waals surface area contributed by atoms with Crippen LogP contribution in [0.4, 0.5) is 14.5 Å². The molecule has 0 spiro atoms. The molecule has 0 aromatic carbocycles. The number of likely N-dealkylation sites (tertiary alicyclic amines) is 1. The van der Waals surface area contributed by atoms with Crippen LogP contribution in [-0.2, 0) is 14.8 Å². The van der Waals surface area contributed by atoms with Gasteiger partial charge in [-0.05, 0) is 58.9 Å². The number of sulfonamides is 1. The number of nitrogens with one attached hydrogen (secondary N) is 2. The molecule has 1 amide bonds. The van der Waals surface area contributed by atoms with Gasteiger partial charge < -0.3 is 9.80 Å². The van der Waals surface area contributed by atoms with Crippen LogP contribution in [0.2, 0.25) is 0 Å². The number of carbonyl (C=O) groups is 1. The molecule has 2 saturated carbocycles. The number of halogens is 2. The van der Waals surface area contributed by atoms with E-state index in [1.165, 1.54) is 6.20 Å². The van der Waals surface area contributed by atoms with Gasteiger partial charge in [-0.2, -0.15) is 0 Å². The highest BCUT2D eigenvalue weighted by Crippen LogP contribution is 2.47. The zero-order chi connectivity index (χ0) is 29.6. The lowest BCUT2D eigenvalue weighted by Crippen LogP contribution is -2.67. The van der Waals surface area contributed by atoms with Crippen LogP contribution in [0.3, 0.4) is 0 Å². The Balaban J connectivity index is 1.40. The molecule has 3 aromatic heterocycles. The normalized spacial score (nSPS) is 23.4. The van der Waals surface area contributed by atoms with E-state index < -0.39 is 38.6 Å². The number of anilines is 1. The monoisotopic (exact) mass is 620 g/mol. The molecule has 3 aromatic rings. The molecule has 42 heavy (non-hydrogen) atoms. The van der Waals surface area contributed by atoms with Crippen molar-refractivity contribution in [3.63, 3.8) is 0 Å². The average Bonchev–Trinajstić information content (AvgIpc) is 3.75. The standard InChI is InChI=1S/C27H34F2N8O3S2/c1-26(2)14-36(13-17(31-26)25(38)35-9-4-10-35)18-11-16(42(39,40)34-27(3)7-8-27)12-37-20(19(15-5-6-15)30-22(18)37)23-32-33-24(41-23)21(28)29/h11-12,15,17,21,31,34H,4-10,13-14H2,1-3H3/t17-/m0/s1. The van der Waals surface area contributed by atoms with Crippen LogP contribution in [0.15, 0.2) is 17.2 Å². The van der Waals surface area contributed by atoms with Gasteiger partial charge in [0.15, 0.2) is 15.7 Å². The van der Waals surface area contributed by atoms with Crippen LogP contribution in [0.1, 0.15) is 75.9 Å². The first-order chi connectivity index (χ1) is 19.8. The van der Waals surface area contributed by atoms with Crippen molar-refractivity contribution in [1.29, 1.82) is 0 Å². The van der Waals surface area contributed by atoms with Crippen molar-refractivity contribution in [2.24, 2.45) is 0 Å². The maximum absolute atomic E-state index is 13.7. The van der Waals surface area contributed by atoms with Crippen LogP contribution >= 0.6 is 11.3 Å². The first kappa shape index (κ1) is 28.0. The largest absolute Gasteiger partial charge is 0.365 e. The summed E-state index contributed by atoms with van der Waals surface area (Å²) in [5.74, 6) is 0.147. The van der Waals surface area contributed by atoms with Crippen molar-refractivity contribution in [3.8, 4) is 10.7 Å². The summed E-state index contributed by atoms with van der Waals surface area (Å²) in [5.41, 5.74) is 1.31. The van der Waals surface area contributed by atoms with Crippen LogP contribution in [0.5, 0.6) is 0 Å². The van der Waals surface area contributed by atoms with Gasteiger partial charge in [-0.1, -0.05) is 11.3 Å². The molecule has 2 aliphatic heterocycles. The van der Waals surface area contributed by atoms with Crippen molar-refractivity contribution in [3.05, 3.63) is 23.0 Å². The Morgan fingerprint density at radius 3 is 2.52 bits per heavy atom. The number of hydrogen-bond acceptors (Lipinski definition) is 9. The number of carbonyl (C=O) groups excluding carboxylic acids is 1. The minimum atomic E-state index is -3.95. The highest BCUT2D eigenvalue weighted by molar-refractivity contribution is 7.89. The number of aromatic nitrogens is 4. The van der Waals surface area contributed by atoms with E-state index in [9.17, 15) is 22.0 Å². The fourth-order valence-electron chi connectivity index (χ4n) is 5.85. The van der Waals surface area contributed by atoms with Crippen molar-refractivity contribution in [1.82, 2.24) is 34.5 Å². The third-order valence-electron chi connectivity index (χ3n) is 8.55. The predicted octanol–water partition coefficient (Wildman–Crippen LogP) is 3.29. The zero-order valence-corrected chi connectivity index (χ0v) is 25.4. The van der Waals surface area contributed by atoms with E-state index in [1.807, 2.05) is 30.6 Å². The molecule has 1 atom stereocenters. The van der Waals surface area contributed by atoms with Gasteiger partial charge in [0.05, 0.1) is 11.4 Å². The Labute approximate surface area is 246 Å². The molecule has 7 rings (SSSR count). The second kappa shape index (κ2) is 9.63. The first-order valence-corrected chi connectivity index (χ1v) is 16.7. The van der Waals surface area contributed by atoms with E-state index in [1.54, 1.807) is 10.5 Å². The number of fused-ring (bicyclic) bond motifs is 1. The minimum Gasteiger partial charge on any atom is -0.365 e. The Hall–Kier alpha value is -2.75. The number of piperazine rings is 1. The summed E-state index contributed by atoms with van der Waals surface area (Å²) in [6.45, 7) is 8.20. The summed E-state index contributed by atoms with van der Waals surface area (Å²) in [6.07, 6.45) is 3.01. The lowest BCUT2D eigenvalue weighted by atomic mass is 9.96. The maximum atomic E-state index is 13.7. The van der Waals surface area contributed by atoms with E-state index in [-0.39, 0.29) is 21.7 Å². The highest BCUT2D eigenvalue weighted by atomic mass is 32.2. The molecule has 4 aliphatic rings. The van der Waals surface area contributed by atoms with E-state index in [0.717, 1.165) is 56.5 Å². The van der Waals surface area contributed by atoms with Gasteiger partial charge in [-0.25, -0.2) is 26.9 Å². The smallest absolute Gasteiger partial charge is 0.291 e. The molecular weight excluding hydrogens is 586 g/mol. The van der Waals surface area contributed by atoms with Crippen molar-refractivity contribution >= 4 is 38.6 Å². The van der Waals surface area contributed by atoms with Gasteiger partial charge in [-0.3, -0.25) is 14.5 Å². The van der Waals surface area contributed by atoms with Crippen molar-refractivity contribution in [2.45, 2.75) is 87.2 Å². The first-order valence-electron chi connectivity index (χ1n) is 14.4. The van der Waals surface area contributed by atoms with Gasteiger partial charge in [0.25, 0.3) is 6.43 Å². The SMILES string of the molecule is CC1(C)CN(c2cc(S(=O)(=O)NC3(C)CC3)cn3c(-c4nnc(C(F)F)s4)c(C4CC4)nc23)C[C@@H](C(=O)N2CCC2)N1. The highest BCUT2D eigenvalue weighted by Gasteiger charge is 2.43. The van der Waals surface area contributed by atoms with E-state index in [0.29, 0.717) is 35.8 Å². The Morgan fingerprint density at radius 2 is 1.93 bits per heavy atom. The van der Waals surface area contributed by atoms with Crippen LogP contribution in [0, 0.1) is 0 Å². The fraction of sp³-hybridized carbons (Fsp3) is 0.630.